The largest absolute Gasteiger partial charge is 0.456 e. The van der Waals surface area contributed by atoms with Crippen LogP contribution in [0.1, 0.15) is 16.3 Å². The number of carbonyl (C=O) groups excluding carboxylic acids is 1. The van der Waals surface area contributed by atoms with Crippen LogP contribution in [-0.2, 0) is 0 Å². The fourth-order valence-electron chi connectivity index (χ4n) is 1.32. The molecule has 1 N–H and O–H groups in total. The van der Waals surface area contributed by atoms with Gasteiger partial charge in [-0.1, -0.05) is 6.07 Å². The summed E-state index contributed by atoms with van der Waals surface area (Å²) in [6.07, 6.45) is 0. The highest BCUT2D eigenvalue weighted by Gasteiger charge is 2.09. The normalized spacial score (nSPS) is 10.1. The second-order valence-corrected chi connectivity index (χ2v) is 4.62. The van der Waals surface area contributed by atoms with Gasteiger partial charge in [-0.05, 0) is 59.8 Å². The van der Waals surface area contributed by atoms with Gasteiger partial charge in [0.1, 0.15) is 5.76 Å². The van der Waals surface area contributed by atoms with Crippen LogP contribution in [0.15, 0.2) is 40.8 Å². The van der Waals surface area contributed by atoms with Crippen molar-refractivity contribution in [3.8, 4) is 0 Å². The first kappa shape index (κ1) is 11.2. The smallest absolute Gasteiger partial charge is 0.291 e. The molecular formula is C12H10INO2. The van der Waals surface area contributed by atoms with Gasteiger partial charge >= 0.3 is 0 Å². The zero-order valence-electron chi connectivity index (χ0n) is 8.66. The SMILES string of the molecule is Cc1ccc(C(=O)Nc2cccc(I)c2)o1. The second kappa shape index (κ2) is 4.69. The van der Waals surface area contributed by atoms with Crippen LogP contribution >= 0.6 is 22.6 Å². The average Bonchev–Trinajstić information content (AvgIpc) is 2.65. The monoisotopic (exact) mass is 327 g/mol. The Morgan fingerprint density at radius 1 is 1.31 bits per heavy atom. The van der Waals surface area contributed by atoms with Crippen molar-refractivity contribution in [3.05, 3.63) is 51.5 Å². The Labute approximate surface area is 107 Å². The number of hydrogen-bond acceptors (Lipinski definition) is 2. The first-order chi connectivity index (χ1) is 7.65. The molecule has 0 fully saturated rings. The quantitative estimate of drug-likeness (QED) is 0.859. The van der Waals surface area contributed by atoms with Gasteiger partial charge in [0, 0.05) is 9.26 Å². The molecule has 1 aromatic carbocycles. The van der Waals surface area contributed by atoms with Gasteiger partial charge in [0.2, 0.25) is 0 Å². The molecule has 2 rings (SSSR count). The summed E-state index contributed by atoms with van der Waals surface area (Å²) in [6, 6.07) is 11.0. The van der Waals surface area contributed by atoms with Crippen LogP contribution in [0.2, 0.25) is 0 Å². The summed E-state index contributed by atoms with van der Waals surface area (Å²) in [5.74, 6) is 0.833. The lowest BCUT2D eigenvalue weighted by Crippen LogP contribution is -2.10. The zero-order chi connectivity index (χ0) is 11.5. The molecule has 0 aliphatic carbocycles. The van der Waals surface area contributed by atoms with Crippen molar-refractivity contribution in [1.82, 2.24) is 0 Å². The Morgan fingerprint density at radius 2 is 2.12 bits per heavy atom. The van der Waals surface area contributed by atoms with Crippen LogP contribution < -0.4 is 5.32 Å². The number of anilines is 1. The first-order valence-electron chi connectivity index (χ1n) is 4.78. The van der Waals surface area contributed by atoms with Crippen molar-refractivity contribution >= 4 is 34.2 Å². The van der Waals surface area contributed by atoms with Crippen LogP contribution in [0, 0.1) is 10.5 Å². The maximum atomic E-state index is 11.7. The summed E-state index contributed by atoms with van der Waals surface area (Å²) in [4.78, 5) is 11.7. The minimum atomic E-state index is -0.227. The molecule has 4 heteroatoms. The van der Waals surface area contributed by atoms with Gasteiger partial charge in [-0.2, -0.15) is 0 Å². The second-order valence-electron chi connectivity index (χ2n) is 3.37. The fraction of sp³-hybridized carbons (Fsp3) is 0.0833. The highest BCUT2D eigenvalue weighted by atomic mass is 127. The predicted molar refractivity (Wildman–Crippen MR) is 70.6 cm³/mol. The molecule has 0 atom stereocenters. The van der Waals surface area contributed by atoms with Crippen LogP contribution in [-0.4, -0.2) is 5.91 Å². The van der Waals surface area contributed by atoms with Gasteiger partial charge in [0.25, 0.3) is 5.91 Å². The van der Waals surface area contributed by atoms with E-state index in [4.69, 9.17) is 4.42 Å². The van der Waals surface area contributed by atoms with Crippen molar-refractivity contribution in [2.45, 2.75) is 6.92 Å². The van der Waals surface area contributed by atoms with Gasteiger partial charge < -0.3 is 9.73 Å². The summed E-state index contributed by atoms with van der Waals surface area (Å²) in [5, 5.41) is 2.77. The van der Waals surface area contributed by atoms with Gasteiger partial charge in [-0.3, -0.25) is 4.79 Å². The van der Waals surface area contributed by atoms with E-state index in [2.05, 4.69) is 27.9 Å². The number of carbonyl (C=O) groups is 1. The van der Waals surface area contributed by atoms with E-state index in [1.54, 1.807) is 12.1 Å². The third kappa shape index (κ3) is 2.63. The van der Waals surface area contributed by atoms with Crippen molar-refractivity contribution in [1.29, 1.82) is 0 Å². The summed E-state index contributed by atoms with van der Waals surface area (Å²) < 4.78 is 6.31. The molecule has 0 bridgehead atoms. The van der Waals surface area contributed by atoms with Gasteiger partial charge in [0.15, 0.2) is 5.76 Å². The van der Waals surface area contributed by atoms with Crippen LogP contribution in [0.4, 0.5) is 5.69 Å². The molecular weight excluding hydrogens is 317 g/mol. The molecule has 1 amide bonds. The van der Waals surface area contributed by atoms with Crippen LogP contribution in [0.5, 0.6) is 0 Å². The molecule has 0 unspecified atom stereocenters. The third-order valence-electron chi connectivity index (χ3n) is 2.05. The van der Waals surface area contributed by atoms with Gasteiger partial charge in [-0.25, -0.2) is 0 Å². The number of benzene rings is 1. The molecule has 16 heavy (non-hydrogen) atoms. The van der Waals surface area contributed by atoms with Crippen LogP contribution in [0.3, 0.4) is 0 Å². The highest BCUT2D eigenvalue weighted by molar-refractivity contribution is 14.1. The molecule has 0 radical (unpaired) electrons. The van der Waals surface area contributed by atoms with E-state index in [0.29, 0.717) is 5.76 Å². The van der Waals surface area contributed by atoms with E-state index >= 15 is 0 Å². The predicted octanol–water partition coefficient (Wildman–Crippen LogP) is 3.44. The van der Waals surface area contributed by atoms with E-state index < -0.39 is 0 Å². The van der Waals surface area contributed by atoms with Crippen molar-refractivity contribution in [3.63, 3.8) is 0 Å². The topological polar surface area (TPSA) is 42.2 Å². The average molecular weight is 327 g/mol. The molecule has 1 heterocycles. The van der Waals surface area contributed by atoms with Crippen molar-refractivity contribution < 1.29 is 9.21 Å². The summed E-state index contributed by atoms with van der Waals surface area (Å²) >= 11 is 2.20. The first-order valence-corrected chi connectivity index (χ1v) is 5.86. The Kier molecular flexibility index (Phi) is 3.28. The zero-order valence-corrected chi connectivity index (χ0v) is 10.8. The Morgan fingerprint density at radius 3 is 2.75 bits per heavy atom. The Bertz CT molecular complexity index is 519. The summed E-state index contributed by atoms with van der Waals surface area (Å²) in [6.45, 7) is 1.81. The van der Waals surface area contributed by atoms with Crippen molar-refractivity contribution in [2.24, 2.45) is 0 Å². The number of halogens is 1. The minimum absolute atomic E-state index is 0.227. The lowest BCUT2D eigenvalue weighted by molar-refractivity contribution is 0.0995. The maximum absolute atomic E-state index is 11.7. The number of rotatable bonds is 2. The van der Waals surface area contributed by atoms with Crippen molar-refractivity contribution in [2.75, 3.05) is 5.32 Å². The molecule has 2 aromatic rings. The summed E-state index contributed by atoms with van der Waals surface area (Å²) in [7, 11) is 0. The third-order valence-corrected chi connectivity index (χ3v) is 2.72. The van der Waals surface area contributed by atoms with E-state index in [9.17, 15) is 4.79 Å². The molecule has 0 spiro atoms. The Hall–Kier alpha value is -1.30. The van der Waals surface area contributed by atoms with E-state index in [1.807, 2.05) is 31.2 Å². The molecule has 0 saturated heterocycles. The van der Waals surface area contributed by atoms with E-state index in [1.165, 1.54) is 0 Å². The van der Waals surface area contributed by atoms with E-state index in [-0.39, 0.29) is 5.91 Å². The fourth-order valence-corrected chi connectivity index (χ4v) is 1.86. The Balaban J connectivity index is 2.13. The number of hydrogen-bond donors (Lipinski definition) is 1. The lowest BCUT2D eigenvalue weighted by atomic mass is 10.3. The minimum Gasteiger partial charge on any atom is -0.456 e. The van der Waals surface area contributed by atoms with Crippen LogP contribution in [0.25, 0.3) is 0 Å². The number of nitrogens with one attached hydrogen (secondary N) is 1. The molecule has 3 nitrogen and oxygen atoms in total. The maximum Gasteiger partial charge on any atom is 0.291 e. The summed E-state index contributed by atoms with van der Waals surface area (Å²) in [5.41, 5.74) is 0.769. The van der Waals surface area contributed by atoms with E-state index in [0.717, 1.165) is 15.0 Å². The number of furan rings is 1. The standard InChI is InChI=1S/C12H10INO2/c1-8-5-6-11(16-8)12(15)14-10-4-2-3-9(13)7-10/h2-7H,1H3,(H,14,15). The molecule has 1 aromatic heterocycles. The van der Waals surface area contributed by atoms with Gasteiger partial charge in [0.05, 0.1) is 0 Å². The molecule has 82 valence electrons. The molecule has 0 saturated carbocycles. The number of amides is 1. The van der Waals surface area contributed by atoms with Gasteiger partial charge in [-0.15, -0.1) is 0 Å². The number of aryl methyl sites for hydroxylation is 1. The molecule has 0 aliphatic heterocycles. The molecule has 0 aliphatic rings. The lowest BCUT2D eigenvalue weighted by Gasteiger charge is -2.03. The highest BCUT2D eigenvalue weighted by Crippen LogP contribution is 2.14.